The fraction of sp³-hybridized carbons (Fsp3) is 0.571. The normalized spacial score (nSPS) is 27.3. The summed E-state index contributed by atoms with van der Waals surface area (Å²) >= 11 is 1.76. The van der Waals surface area contributed by atoms with E-state index in [0.717, 1.165) is 31.9 Å². The van der Waals surface area contributed by atoms with E-state index in [1.54, 1.807) is 11.3 Å². The zero-order valence-corrected chi connectivity index (χ0v) is 19.8. The van der Waals surface area contributed by atoms with Crippen LogP contribution in [0.3, 0.4) is 0 Å². The Balaban J connectivity index is 0.00000240. The number of fused-ring (bicyclic) bond motifs is 5. The van der Waals surface area contributed by atoms with Gasteiger partial charge in [-0.3, -0.25) is 19.5 Å². The molecule has 3 aliphatic rings. The summed E-state index contributed by atoms with van der Waals surface area (Å²) in [5, 5.41) is 8.68. The number of imide groups is 1. The van der Waals surface area contributed by atoms with Crippen LogP contribution in [0.2, 0.25) is 0 Å². The number of thiophene rings is 1. The van der Waals surface area contributed by atoms with Gasteiger partial charge in [0.15, 0.2) is 5.96 Å². The third-order valence-electron chi connectivity index (χ3n) is 5.96. The van der Waals surface area contributed by atoms with Gasteiger partial charge in [0.25, 0.3) is 0 Å². The number of guanidine groups is 1. The lowest BCUT2D eigenvalue weighted by Gasteiger charge is -2.17. The van der Waals surface area contributed by atoms with Gasteiger partial charge < -0.3 is 10.6 Å². The Morgan fingerprint density at radius 2 is 1.93 bits per heavy atom. The number of carbonyl (C=O) groups excluding carboxylic acids is 2. The molecule has 2 heterocycles. The Kier molecular flexibility index (Phi) is 7.72. The molecule has 1 saturated heterocycles. The topological polar surface area (TPSA) is 73.8 Å². The Bertz CT molecular complexity index is 750. The molecule has 4 unspecified atom stereocenters. The quantitative estimate of drug-likeness (QED) is 0.136. The summed E-state index contributed by atoms with van der Waals surface area (Å²) in [7, 11) is 0. The van der Waals surface area contributed by atoms with Crippen LogP contribution in [-0.2, 0) is 16.0 Å². The fourth-order valence-corrected chi connectivity index (χ4v) is 5.41. The Morgan fingerprint density at radius 3 is 2.55 bits per heavy atom. The van der Waals surface area contributed by atoms with Crippen molar-refractivity contribution in [1.82, 2.24) is 15.5 Å². The van der Waals surface area contributed by atoms with Crippen molar-refractivity contribution < 1.29 is 9.59 Å². The molecule has 6 nitrogen and oxygen atoms in total. The van der Waals surface area contributed by atoms with E-state index in [2.05, 4.69) is 45.3 Å². The van der Waals surface area contributed by atoms with Gasteiger partial charge in [-0.05, 0) is 49.5 Å². The molecule has 0 spiro atoms. The summed E-state index contributed by atoms with van der Waals surface area (Å²) in [5.74, 6) is 1.24. The van der Waals surface area contributed by atoms with Gasteiger partial charge in [-0.15, -0.1) is 35.3 Å². The molecule has 1 aromatic heterocycles. The van der Waals surface area contributed by atoms with E-state index in [0.29, 0.717) is 19.5 Å². The van der Waals surface area contributed by atoms with Crippen molar-refractivity contribution in [3.8, 4) is 0 Å². The van der Waals surface area contributed by atoms with E-state index < -0.39 is 0 Å². The minimum Gasteiger partial charge on any atom is -0.357 e. The molecule has 8 heteroatoms. The molecule has 2 amide bonds. The predicted octanol–water partition coefficient (Wildman–Crippen LogP) is 2.66. The number of likely N-dealkylation sites (tertiary alicyclic amines) is 1. The molecule has 2 aliphatic carbocycles. The van der Waals surface area contributed by atoms with E-state index in [1.165, 1.54) is 9.78 Å². The number of allylic oxidation sites excluding steroid dienone is 2. The maximum absolute atomic E-state index is 12.7. The number of halogens is 1. The van der Waals surface area contributed by atoms with Crippen LogP contribution in [0, 0.1) is 23.7 Å². The zero-order valence-electron chi connectivity index (χ0n) is 16.7. The van der Waals surface area contributed by atoms with Gasteiger partial charge in [-0.1, -0.05) is 18.2 Å². The molecule has 2 N–H and O–H groups in total. The molecule has 0 radical (unpaired) electrons. The Labute approximate surface area is 193 Å². The second kappa shape index (κ2) is 10.1. The largest absolute Gasteiger partial charge is 0.357 e. The van der Waals surface area contributed by atoms with Gasteiger partial charge in [-0.25, -0.2) is 0 Å². The summed E-state index contributed by atoms with van der Waals surface area (Å²) in [6, 6.07) is 4.20. The number of rotatable bonds is 8. The van der Waals surface area contributed by atoms with Crippen molar-refractivity contribution in [2.75, 3.05) is 26.2 Å². The van der Waals surface area contributed by atoms with Crippen LogP contribution in [0.25, 0.3) is 0 Å². The third-order valence-corrected chi connectivity index (χ3v) is 6.90. The lowest BCUT2D eigenvalue weighted by Crippen LogP contribution is -2.38. The molecule has 2 bridgehead atoms. The zero-order chi connectivity index (χ0) is 19.5. The first kappa shape index (κ1) is 22.3. The molecule has 4 rings (SSSR count). The smallest absolute Gasteiger partial charge is 0.233 e. The fourth-order valence-electron chi connectivity index (χ4n) is 4.70. The highest BCUT2D eigenvalue weighted by Crippen LogP contribution is 2.52. The van der Waals surface area contributed by atoms with Gasteiger partial charge in [-0.2, -0.15) is 0 Å². The summed E-state index contributed by atoms with van der Waals surface area (Å²) in [4.78, 5) is 32.8. The van der Waals surface area contributed by atoms with E-state index in [9.17, 15) is 9.59 Å². The minimum absolute atomic E-state index is 0. The van der Waals surface area contributed by atoms with Crippen molar-refractivity contribution in [3.63, 3.8) is 0 Å². The molecule has 2 fully saturated rings. The van der Waals surface area contributed by atoms with Crippen molar-refractivity contribution in [3.05, 3.63) is 34.5 Å². The van der Waals surface area contributed by atoms with Crippen LogP contribution in [-0.4, -0.2) is 48.9 Å². The summed E-state index contributed by atoms with van der Waals surface area (Å²) in [5.41, 5.74) is 0. The number of hydrogen-bond acceptors (Lipinski definition) is 4. The molecular weight excluding hydrogens is 499 g/mol. The first-order valence-electron chi connectivity index (χ1n) is 10.3. The molecule has 4 atom stereocenters. The second-order valence-corrected chi connectivity index (χ2v) is 8.73. The molecule has 0 aromatic carbocycles. The van der Waals surface area contributed by atoms with Crippen LogP contribution in [0.5, 0.6) is 0 Å². The summed E-state index contributed by atoms with van der Waals surface area (Å²) in [6.45, 7) is 4.73. The van der Waals surface area contributed by atoms with Crippen molar-refractivity contribution in [2.24, 2.45) is 28.7 Å². The predicted molar refractivity (Wildman–Crippen MR) is 126 cm³/mol. The molecule has 1 aliphatic heterocycles. The van der Waals surface area contributed by atoms with Crippen LogP contribution < -0.4 is 10.6 Å². The standard InChI is InChI=1S/C21H28N4O2S.HI/c1-2-22-21(24-10-8-16-5-3-12-28-16)23-9-4-11-25-19(26)17-14-6-7-15(13-14)18(17)20(25)27;/h3,5-7,12,14-15,17-18H,2,4,8-11,13H2,1H3,(H2,22,23,24);1H. The second-order valence-electron chi connectivity index (χ2n) is 7.70. The average molecular weight is 528 g/mol. The number of nitrogens with one attached hydrogen (secondary N) is 2. The van der Waals surface area contributed by atoms with Gasteiger partial charge in [0.2, 0.25) is 11.8 Å². The van der Waals surface area contributed by atoms with Crippen molar-refractivity contribution >= 4 is 53.1 Å². The highest BCUT2D eigenvalue weighted by Gasteiger charge is 2.58. The van der Waals surface area contributed by atoms with Crippen LogP contribution >= 0.6 is 35.3 Å². The summed E-state index contributed by atoms with van der Waals surface area (Å²) in [6.07, 6.45) is 6.91. The first-order chi connectivity index (χ1) is 13.7. The Hall–Kier alpha value is -1.42. The Morgan fingerprint density at radius 1 is 1.21 bits per heavy atom. The SMILES string of the molecule is CCNC(=NCCCN1C(=O)C2C3C=CC(C3)C2C1=O)NCCc1cccs1.I. The maximum Gasteiger partial charge on any atom is 0.233 e. The average Bonchev–Trinajstić information content (AvgIpc) is 3.46. The lowest BCUT2D eigenvalue weighted by molar-refractivity contribution is -0.140. The molecule has 29 heavy (non-hydrogen) atoms. The van der Waals surface area contributed by atoms with Gasteiger partial charge in [0, 0.05) is 31.1 Å². The van der Waals surface area contributed by atoms with Crippen LogP contribution in [0.1, 0.15) is 24.6 Å². The van der Waals surface area contributed by atoms with E-state index in [4.69, 9.17) is 0 Å². The number of aliphatic imine (C=N–C) groups is 1. The number of nitrogens with zero attached hydrogens (tertiary/aromatic N) is 2. The number of carbonyl (C=O) groups is 2. The summed E-state index contributed by atoms with van der Waals surface area (Å²) < 4.78 is 0. The van der Waals surface area contributed by atoms with Gasteiger partial charge in [0.05, 0.1) is 11.8 Å². The van der Waals surface area contributed by atoms with E-state index >= 15 is 0 Å². The molecular formula is C21H29IN4O2S. The first-order valence-corrected chi connectivity index (χ1v) is 11.1. The number of hydrogen-bond donors (Lipinski definition) is 2. The van der Waals surface area contributed by atoms with Crippen LogP contribution in [0.15, 0.2) is 34.7 Å². The highest BCUT2D eigenvalue weighted by atomic mass is 127. The molecule has 158 valence electrons. The van der Waals surface area contributed by atoms with Gasteiger partial charge >= 0.3 is 0 Å². The van der Waals surface area contributed by atoms with E-state index in [-0.39, 0.29) is 59.5 Å². The van der Waals surface area contributed by atoms with Crippen molar-refractivity contribution in [1.29, 1.82) is 0 Å². The highest BCUT2D eigenvalue weighted by molar-refractivity contribution is 14.0. The molecule has 1 aromatic rings. The third kappa shape index (κ3) is 4.68. The lowest BCUT2D eigenvalue weighted by atomic mass is 9.85. The van der Waals surface area contributed by atoms with Crippen molar-refractivity contribution in [2.45, 2.75) is 26.2 Å². The van der Waals surface area contributed by atoms with E-state index in [1.807, 2.05) is 6.92 Å². The number of amides is 2. The van der Waals surface area contributed by atoms with Crippen LogP contribution in [0.4, 0.5) is 0 Å². The van der Waals surface area contributed by atoms with Gasteiger partial charge in [0.1, 0.15) is 0 Å². The maximum atomic E-state index is 12.7. The monoisotopic (exact) mass is 528 g/mol. The minimum atomic E-state index is -0.0951. The molecule has 1 saturated carbocycles.